The molecule has 2 heterocycles. The molecule has 0 aliphatic carbocycles. The zero-order valence-electron chi connectivity index (χ0n) is 13.7. The first-order chi connectivity index (χ1) is 12.0. The van der Waals surface area contributed by atoms with Crippen LogP contribution < -0.4 is 4.90 Å². The number of ketones is 1. The zero-order chi connectivity index (χ0) is 17.6. The standard InChI is InChI=1S/C20H17NO4/c1-2-21-15-9-5-4-8-14(15)20(24,19(21)23)12-16(22)18-11-13-7-3-6-10-17(13)25-18/h3-11,24H,2,12H2,1H3. The Morgan fingerprint density at radius 1 is 1.16 bits per heavy atom. The van der Waals surface area contributed by atoms with Crippen LogP contribution in [0.5, 0.6) is 0 Å². The van der Waals surface area contributed by atoms with Crippen molar-refractivity contribution in [3.63, 3.8) is 0 Å². The highest BCUT2D eigenvalue weighted by atomic mass is 16.3. The second kappa shape index (κ2) is 5.57. The molecule has 1 amide bonds. The SMILES string of the molecule is CCN1C(=O)C(O)(CC(=O)c2cc3ccccc3o2)c2ccccc21. The summed E-state index contributed by atoms with van der Waals surface area (Å²) in [5.41, 5.74) is -0.143. The number of benzene rings is 2. The number of Topliss-reactive ketones (excluding diaryl/α,β-unsaturated/α-hetero) is 1. The van der Waals surface area contributed by atoms with Crippen molar-refractivity contribution in [2.24, 2.45) is 0 Å². The molecule has 1 atom stereocenters. The van der Waals surface area contributed by atoms with Crippen molar-refractivity contribution in [1.82, 2.24) is 0 Å². The topological polar surface area (TPSA) is 70.8 Å². The van der Waals surface area contributed by atoms with Crippen molar-refractivity contribution < 1.29 is 19.1 Å². The van der Waals surface area contributed by atoms with Crippen molar-refractivity contribution in [3.8, 4) is 0 Å². The molecule has 2 aromatic carbocycles. The number of aliphatic hydroxyl groups is 1. The summed E-state index contributed by atoms with van der Waals surface area (Å²) in [6, 6.07) is 16.0. The van der Waals surface area contributed by atoms with Crippen LogP contribution in [0.1, 0.15) is 29.5 Å². The van der Waals surface area contributed by atoms with Gasteiger partial charge in [0.25, 0.3) is 5.91 Å². The van der Waals surface area contributed by atoms with Gasteiger partial charge in [0, 0.05) is 17.5 Å². The summed E-state index contributed by atoms with van der Waals surface area (Å²) in [7, 11) is 0. The summed E-state index contributed by atoms with van der Waals surface area (Å²) < 4.78 is 5.58. The van der Waals surface area contributed by atoms with E-state index in [-0.39, 0.29) is 12.2 Å². The van der Waals surface area contributed by atoms with Gasteiger partial charge in [0.05, 0.1) is 12.1 Å². The van der Waals surface area contributed by atoms with E-state index in [9.17, 15) is 14.7 Å². The Balaban J connectivity index is 1.71. The Labute approximate surface area is 144 Å². The minimum absolute atomic E-state index is 0.148. The van der Waals surface area contributed by atoms with Crippen LogP contribution in [-0.4, -0.2) is 23.3 Å². The summed E-state index contributed by atoms with van der Waals surface area (Å²) in [5.74, 6) is -0.727. The van der Waals surface area contributed by atoms with Gasteiger partial charge >= 0.3 is 0 Å². The summed E-state index contributed by atoms with van der Waals surface area (Å²) in [4.78, 5) is 26.9. The zero-order valence-corrected chi connectivity index (χ0v) is 13.7. The molecule has 0 saturated carbocycles. The average Bonchev–Trinajstić information content (AvgIpc) is 3.14. The second-order valence-corrected chi connectivity index (χ2v) is 6.18. The maximum absolute atomic E-state index is 12.7. The first kappa shape index (κ1) is 15.6. The van der Waals surface area contributed by atoms with E-state index in [1.165, 1.54) is 4.90 Å². The number of fused-ring (bicyclic) bond motifs is 2. The number of hydrogen-bond acceptors (Lipinski definition) is 4. The smallest absolute Gasteiger partial charge is 0.264 e. The molecule has 0 spiro atoms. The fourth-order valence-corrected chi connectivity index (χ4v) is 3.43. The van der Waals surface area contributed by atoms with E-state index in [0.29, 0.717) is 23.4 Å². The molecular weight excluding hydrogens is 318 g/mol. The summed E-state index contributed by atoms with van der Waals surface area (Å²) in [6.45, 7) is 2.26. The summed E-state index contributed by atoms with van der Waals surface area (Å²) in [5, 5.41) is 11.9. The molecule has 0 radical (unpaired) electrons. The van der Waals surface area contributed by atoms with Crippen LogP contribution in [0.25, 0.3) is 11.0 Å². The highest BCUT2D eigenvalue weighted by molar-refractivity contribution is 6.10. The van der Waals surface area contributed by atoms with Crippen molar-refractivity contribution in [2.45, 2.75) is 18.9 Å². The van der Waals surface area contributed by atoms with Gasteiger partial charge in [0.2, 0.25) is 5.78 Å². The van der Waals surface area contributed by atoms with Gasteiger partial charge in [0.1, 0.15) is 5.58 Å². The number of carbonyl (C=O) groups is 2. The molecule has 1 aliphatic rings. The number of furan rings is 1. The van der Waals surface area contributed by atoms with Crippen LogP contribution >= 0.6 is 0 Å². The van der Waals surface area contributed by atoms with Gasteiger partial charge in [-0.2, -0.15) is 0 Å². The molecule has 4 rings (SSSR count). The van der Waals surface area contributed by atoms with Gasteiger partial charge < -0.3 is 14.4 Å². The maximum atomic E-state index is 12.7. The lowest BCUT2D eigenvalue weighted by Crippen LogP contribution is -2.41. The van der Waals surface area contributed by atoms with Crippen LogP contribution in [0.2, 0.25) is 0 Å². The van der Waals surface area contributed by atoms with Gasteiger partial charge in [-0.3, -0.25) is 9.59 Å². The molecule has 1 aromatic heterocycles. The van der Waals surface area contributed by atoms with E-state index < -0.39 is 17.3 Å². The molecule has 1 unspecified atom stereocenters. The first-order valence-corrected chi connectivity index (χ1v) is 8.20. The molecule has 5 nitrogen and oxygen atoms in total. The third-order valence-electron chi connectivity index (χ3n) is 4.67. The molecule has 0 saturated heterocycles. The van der Waals surface area contributed by atoms with E-state index in [0.717, 1.165) is 5.39 Å². The fourth-order valence-electron chi connectivity index (χ4n) is 3.43. The van der Waals surface area contributed by atoms with E-state index in [2.05, 4.69) is 0 Å². The molecular formula is C20H17NO4. The van der Waals surface area contributed by atoms with Crippen molar-refractivity contribution in [2.75, 3.05) is 11.4 Å². The molecule has 0 fully saturated rings. The summed E-state index contributed by atoms with van der Waals surface area (Å²) >= 11 is 0. The van der Waals surface area contributed by atoms with Crippen LogP contribution in [0.4, 0.5) is 5.69 Å². The highest BCUT2D eigenvalue weighted by Gasteiger charge is 2.50. The monoisotopic (exact) mass is 335 g/mol. The Kier molecular flexibility index (Phi) is 3.47. The Morgan fingerprint density at radius 2 is 1.88 bits per heavy atom. The van der Waals surface area contributed by atoms with E-state index in [4.69, 9.17) is 4.42 Å². The van der Waals surface area contributed by atoms with Gasteiger partial charge in [-0.25, -0.2) is 0 Å². The maximum Gasteiger partial charge on any atom is 0.264 e. The van der Waals surface area contributed by atoms with Crippen LogP contribution in [0, 0.1) is 0 Å². The number of nitrogens with zero attached hydrogens (tertiary/aromatic N) is 1. The van der Waals surface area contributed by atoms with E-state index in [1.54, 1.807) is 30.3 Å². The third-order valence-corrected chi connectivity index (χ3v) is 4.67. The van der Waals surface area contributed by atoms with Crippen LogP contribution in [-0.2, 0) is 10.4 Å². The van der Waals surface area contributed by atoms with Crippen molar-refractivity contribution in [1.29, 1.82) is 0 Å². The van der Waals surface area contributed by atoms with E-state index >= 15 is 0 Å². The molecule has 1 N–H and O–H groups in total. The predicted octanol–water partition coefficient (Wildman–Crippen LogP) is 3.26. The molecule has 0 bridgehead atoms. The van der Waals surface area contributed by atoms with Gasteiger partial charge in [-0.15, -0.1) is 0 Å². The molecule has 3 aromatic rings. The quantitative estimate of drug-likeness (QED) is 0.743. The Bertz CT molecular complexity index is 957. The normalized spacial score (nSPS) is 19.4. The van der Waals surface area contributed by atoms with Gasteiger partial charge in [-0.1, -0.05) is 36.4 Å². The first-order valence-electron chi connectivity index (χ1n) is 8.20. The highest BCUT2D eigenvalue weighted by Crippen LogP contribution is 2.42. The lowest BCUT2D eigenvalue weighted by atomic mass is 9.89. The summed E-state index contributed by atoms with van der Waals surface area (Å²) in [6.07, 6.45) is -0.348. The van der Waals surface area contributed by atoms with E-state index in [1.807, 2.05) is 31.2 Å². The lowest BCUT2D eigenvalue weighted by Gasteiger charge is -2.21. The number of hydrogen-bond donors (Lipinski definition) is 1. The number of anilines is 1. The average molecular weight is 335 g/mol. The van der Waals surface area contributed by atoms with Crippen molar-refractivity contribution in [3.05, 3.63) is 65.9 Å². The predicted molar refractivity (Wildman–Crippen MR) is 93.5 cm³/mol. The van der Waals surface area contributed by atoms with Gasteiger partial charge in [-0.05, 0) is 25.1 Å². The number of carbonyl (C=O) groups excluding carboxylic acids is 2. The lowest BCUT2D eigenvalue weighted by molar-refractivity contribution is -0.135. The second-order valence-electron chi connectivity index (χ2n) is 6.18. The molecule has 1 aliphatic heterocycles. The Hall–Kier alpha value is -2.92. The molecule has 126 valence electrons. The van der Waals surface area contributed by atoms with Gasteiger partial charge in [0.15, 0.2) is 11.4 Å². The third kappa shape index (κ3) is 2.27. The largest absolute Gasteiger partial charge is 0.453 e. The minimum atomic E-state index is -1.86. The molecule has 25 heavy (non-hydrogen) atoms. The molecule has 5 heteroatoms. The van der Waals surface area contributed by atoms with Crippen molar-refractivity contribution >= 4 is 28.3 Å². The number of rotatable bonds is 4. The Morgan fingerprint density at radius 3 is 2.64 bits per heavy atom. The minimum Gasteiger partial charge on any atom is -0.453 e. The number of likely N-dealkylation sites (N-methyl/N-ethyl adjacent to an activating group) is 1. The number of amides is 1. The van der Waals surface area contributed by atoms with Crippen LogP contribution in [0.15, 0.2) is 59.0 Å². The number of para-hydroxylation sites is 2. The fraction of sp³-hybridized carbons (Fsp3) is 0.200. The van der Waals surface area contributed by atoms with Crippen LogP contribution in [0.3, 0.4) is 0 Å².